The van der Waals surface area contributed by atoms with Crippen LogP contribution in [0.1, 0.15) is 20.8 Å². The summed E-state index contributed by atoms with van der Waals surface area (Å²) in [5, 5.41) is 19.2. The van der Waals surface area contributed by atoms with Gasteiger partial charge in [-0.05, 0) is 13.8 Å². The van der Waals surface area contributed by atoms with E-state index in [0.29, 0.717) is 0 Å². The van der Waals surface area contributed by atoms with Gasteiger partial charge in [0.05, 0.1) is 19.8 Å². The van der Waals surface area contributed by atoms with Crippen LogP contribution in [0.5, 0.6) is 0 Å². The van der Waals surface area contributed by atoms with Crippen molar-refractivity contribution < 1.29 is 43.5 Å². The second-order valence-corrected chi connectivity index (χ2v) is 6.00. The number of fused-ring (bicyclic) bond motifs is 1. The number of esters is 2. The summed E-state index contributed by atoms with van der Waals surface area (Å²) >= 11 is 0. The maximum Gasteiger partial charge on any atom is 0.333 e. The first-order valence-electron chi connectivity index (χ1n) is 7.46. The third-order valence-electron chi connectivity index (χ3n) is 3.66. The fourth-order valence-corrected chi connectivity index (χ4v) is 2.75. The Morgan fingerprint density at radius 2 is 2.04 bits per heavy atom. The van der Waals surface area contributed by atoms with Crippen LogP contribution in [-0.4, -0.2) is 72.2 Å². The lowest BCUT2D eigenvalue weighted by molar-refractivity contribution is -0.193. The number of rotatable bonds is 5. The highest BCUT2D eigenvalue weighted by atomic mass is 16.8. The van der Waals surface area contributed by atoms with Crippen molar-refractivity contribution in [3.8, 4) is 0 Å². The fourth-order valence-electron chi connectivity index (χ4n) is 2.75. The third kappa shape index (κ3) is 3.86. The maximum absolute atomic E-state index is 11.5. The Hall–Kier alpha value is -1.68. The van der Waals surface area contributed by atoms with Gasteiger partial charge in [0.1, 0.15) is 24.1 Å². The standard InChI is InChI=1S/C15H22O9/c1-7(17)21-11(8(18)6-16)13-14-12(23-15(2,3)24-14)9(22-13)5-10(19)20-4/h5,8,11-14,16,18H,6H2,1-4H3/b9-5+/t8-,11-,12+,13+,14+/m1/s1. The molecule has 0 aromatic rings. The van der Waals surface area contributed by atoms with Crippen molar-refractivity contribution in [1.82, 2.24) is 0 Å². The van der Waals surface area contributed by atoms with E-state index < -0.39 is 54.9 Å². The number of carbonyl (C=O) groups excluding carboxylic acids is 2. The fraction of sp³-hybridized carbons (Fsp3) is 0.733. The van der Waals surface area contributed by atoms with Crippen molar-refractivity contribution in [3.05, 3.63) is 11.8 Å². The Bertz CT molecular complexity index is 527. The van der Waals surface area contributed by atoms with Crippen LogP contribution < -0.4 is 0 Å². The lowest BCUT2D eigenvalue weighted by atomic mass is 10.0. The molecule has 0 bridgehead atoms. The van der Waals surface area contributed by atoms with Crippen LogP contribution in [0.2, 0.25) is 0 Å². The quantitative estimate of drug-likeness (QED) is 0.489. The number of carbonyl (C=O) groups is 2. The van der Waals surface area contributed by atoms with Gasteiger partial charge in [-0.1, -0.05) is 0 Å². The lowest BCUT2D eigenvalue weighted by Gasteiger charge is -2.30. The first kappa shape index (κ1) is 18.7. The first-order chi connectivity index (χ1) is 11.2. The van der Waals surface area contributed by atoms with Crippen molar-refractivity contribution in [3.63, 3.8) is 0 Å². The van der Waals surface area contributed by atoms with Gasteiger partial charge in [-0.2, -0.15) is 0 Å². The molecule has 2 aliphatic rings. The second kappa shape index (κ2) is 7.06. The summed E-state index contributed by atoms with van der Waals surface area (Å²) in [6.07, 6.45) is -3.89. The summed E-state index contributed by atoms with van der Waals surface area (Å²) in [6, 6.07) is 0. The summed E-state index contributed by atoms with van der Waals surface area (Å²) in [6.45, 7) is 3.89. The van der Waals surface area contributed by atoms with Crippen LogP contribution in [0.25, 0.3) is 0 Å². The third-order valence-corrected chi connectivity index (χ3v) is 3.66. The zero-order valence-corrected chi connectivity index (χ0v) is 13.9. The summed E-state index contributed by atoms with van der Waals surface area (Å²) in [5.74, 6) is -2.12. The van der Waals surface area contributed by atoms with Gasteiger partial charge in [0, 0.05) is 6.92 Å². The summed E-state index contributed by atoms with van der Waals surface area (Å²) in [5.41, 5.74) is 0. The topological polar surface area (TPSA) is 121 Å². The van der Waals surface area contributed by atoms with E-state index in [9.17, 15) is 19.8 Å². The average Bonchev–Trinajstić information content (AvgIpc) is 2.98. The van der Waals surface area contributed by atoms with E-state index in [-0.39, 0.29) is 5.76 Å². The Kier molecular flexibility index (Phi) is 5.49. The Morgan fingerprint density at radius 3 is 2.58 bits per heavy atom. The van der Waals surface area contributed by atoms with E-state index in [4.69, 9.17) is 18.9 Å². The Labute approximate surface area is 139 Å². The maximum atomic E-state index is 11.5. The Morgan fingerprint density at radius 1 is 1.38 bits per heavy atom. The van der Waals surface area contributed by atoms with Gasteiger partial charge in [0.15, 0.2) is 18.0 Å². The average molecular weight is 346 g/mol. The van der Waals surface area contributed by atoms with Gasteiger partial charge in [0.2, 0.25) is 0 Å². The molecule has 0 aliphatic carbocycles. The van der Waals surface area contributed by atoms with Crippen LogP contribution in [0, 0.1) is 0 Å². The minimum atomic E-state index is -1.38. The minimum Gasteiger partial charge on any atom is -0.485 e. The van der Waals surface area contributed by atoms with Crippen molar-refractivity contribution in [2.45, 2.75) is 57.1 Å². The van der Waals surface area contributed by atoms with Gasteiger partial charge in [-0.25, -0.2) is 4.79 Å². The molecule has 9 nitrogen and oxygen atoms in total. The second-order valence-electron chi connectivity index (χ2n) is 6.00. The van der Waals surface area contributed by atoms with E-state index in [2.05, 4.69) is 4.74 Å². The minimum absolute atomic E-state index is 0.143. The summed E-state index contributed by atoms with van der Waals surface area (Å²) in [4.78, 5) is 22.8. The van der Waals surface area contributed by atoms with Gasteiger partial charge >= 0.3 is 11.9 Å². The molecule has 2 heterocycles. The molecular weight excluding hydrogens is 324 g/mol. The zero-order chi connectivity index (χ0) is 18.1. The van der Waals surface area contributed by atoms with E-state index in [0.717, 1.165) is 6.08 Å². The lowest BCUT2D eigenvalue weighted by Crippen LogP contribution is -2.48. The van der Waals surface area contributed by atoms with Crippen LogP contribution in [0.4, 0.5) is 0 Å². The molecule has 2 N–H and O–H groups in total. The normalized spacial score (nSPS) is 31.9. The highest BCUT2D eigenvalue weighted by Gasteiger charge is 2.57. The molecule has 2 aliphatic heterocycles. The van der Waals surface area contributed by atoms with Crippen LogP contribution in [-0.2, 0) is 33.3 Å². The number of aliphatic hydroxyl groups is 2. The van der Waals surface area contributed by atoms with Crippen LogP contribution in [0.15, 0.2) is 11.8 Å². The summed E-state index contributed by atoms with van der Waals surface area (Å²) in [7, 11) is 1.22. The van der Waals surface area contributed by atoms with Crippen LogP contribution >= 0.6 is 0 Å². The molecule has 5 atom stereocenters. The molecule has 0 amide bonds. The molecule has 0 radical (unpaired) electrons. The molecule has 0 spiro atoms. The monoisotopic (exact) mass is 346 g/mol. The van der Waals surface area contributed by atoms with E-state index in [1.807, 2.05) is 0 Å². The predicted molar refractivity (Wildman–Crippen MR) is 77.4 cm³/mol. The molecule has 24 heavy (non-hydrogen) atoms. The molecule has 2 rings (SSSR count). The van der Waals surface area contributed by atoms with E-state index in [1.54, 1.807) is 13.8 Å². The molecular formula is C15H22O9. The number of ether oxygens (including phenoxy) is 5. The first-order valence-corrected chi connectivity index (χ1v) is 7.46. The largest absolute Gasteiger partial charge is 0.485 e. The molecule has 0 aromatic carbocycles. The predicted octanol–water partition coefficient (Wildman–Crippen LogP) is -0.753. The Balaban J connectivity index is 2.33. The molecule has 0 aromatic heterocycles. The van der Waals surface area contributed by atoms with Gasteiger partial charge in [-0.15, -0.1) is 0 Å². The smallest absolute Gasteiger partial charge is 0.333 e. The van der Waals surface area contributed by atoms with Crippen LogP contribution in [0.3, 0.4) is 0 Å². The number of hydrogen-bond donors (Lipinski definition) is 2. The number of methoxy groups -OCH3 is 1. The molecule has 0 saturated carbocycles. The number of aliphatic hydroxyl groups excluding tert-OH is 2. The summed E-state index contributed by atoms with van der Waals surface area (Å²) < 4.78 is 26.8. The van der Waals surface area contributed by atoms with E-state index in [1.165, 1.54) is 14.0 Å². The molecule has 9 heteroatoms. The van der Waals surface area contributed by atoms with Crippen molar-refractivity contribution in [2.24, 2.45) is 0 Å². The molecule has 0 unspecified atom stereocenters. The zero-order valence-electron chi connectivity index (χ0n) is 13.9. The van der Waals surface area contributed by atoms with Crippen molar-refractivity contribution >= 4 is 11.9 Å². The number of hydrogen-bond acceptors (Lipinski definition) is 9. The highest BCUT2D eigenvalue weighted by Crippen LogP contribution is 2.42. The van der Waals surface area contributed by atoms with Gasteiger partial charge in [0.25, 0.3) is 0 Å². The highest BCUT2D eigenvalue weighted by molar-refractivity contribution is 5.82. The van der Waals surface area contributed by atoms with Gasteiger partial charge < -0.3 is 33.9 Å². The van der Waals surface area contributed by atoms with Crippen molar-refractivity contribution in [2.75, 3.05) is 13.7 Å². The van der Waals surface area contributed by atoms with E-state index >= 15 is 0 Å². The van der Waals surface area contributed by atoms with Crippen molar-refractivity contribution in [1.29, 1.82) is 0 Å². The van der Waals surface area contributed by atoms with Gasteiger partial charge in [-0.3, -0.25) is 4.79 Å². The SMILES string of the molecule is COC(=O)/C=C1/O[C@@H]([C@H](OC(C)=O)[C@H](O)CO)[C@H]2OC(C)(C)O[C@@H]12. The molecule has 2 saturated heterocycles. The molecule has 136 valence electrons. The molecule has 2 fully saturated rings.